The third kappa shape index (κ3) is 2.43. The van der Waals surface area contributed by atoms with Gasteiger partial charge in [-0.05, 0) is 19.1 Å². The van der Waals surface area contributed by atoms with Crippen LogP contribution in [0.4, 0.5) is 0 Å². The number of benzene rings is 1. The molecule has 0 radical (unpaired) electrons. The Morgan fingerprint density at radius 1 is 1.26 bits per heavy atom. The van der Waals surface area contributed by atoms with Crippen molar-refractivity contribution >= 4 is 39.1 Å². The lowest BCUT2D eigenvalue weighted by Gasteiger charge is -2.13. The summed E-state index contributed by atoms with van der Waals surface area (Å²) in [5.74, 6) is -0.500. The standard InChI is InChI=1S/C11H7BrCl2N2O3/c1-4-9(17)15-11(19)16(10(4)18)8-6(13)2-5(12)3-7(8)14/h2-3,18H,1H3,(H,15,17,19). The number of aromatic hydroxyl groups is 1. The molecular weight excluding hydrogens is 359 g/mol. The third-order valence-electron chi connectivity index (χ3n) is 2.52. The van der Waals surface area contributed by atoms with Crippen molar-refractivity contribution in [1.29, 1.82) is 0 Å². The van der Waals surface area contributed by atoms with Gasteiger partial charge in [0.25, 0.3) is 5.56 Å². The van der Waals surface area contributed by atoms with Crippen LogP contribution in [0.5, 0.6) is 5.88 Å². The number of aromatic amines is 1. The number of H-pyrrole nitrogens is 1. The molecule has 2 aromatic rings. The molecule has 0 aliphatic carbocycles. The minimum Gasteiger partial charge on any atom is -0.494 e. The molecule has 100 valence electrons. The Bertz CT molecular complexity index is 759. The van der Waals surface area contributed by atoms with E-state index in [1.54, 1.807) is 0 Å². The van der Waals surface area contributed by atoms with E-state index in [0.717, 1.165) is 4.57 Å². The molecule has 1 heterocycles. The van der Waals surface area contributed by atoms with E-state index < -0.39 is 17.1 Å². The van der Waals surface area contributed by atoms with E-state index in [2.05, 4.69) is 20.9 Å². The highest BCUT2D eigenvalue weighted by Gasteiger charge is 2.17. The molecule has 1 aromatic carbocycles. The first-order chi connectivity index (χ1) is 8.82. The van der Waals surface area contributed by atoms with Gasteiger partial charge in [0.1, 0.15) is 0 Å². The Kier molecular flexibility index (Phi) is 3.75. The van der Waals surface area contributed by atoms with E-state index in [9.17, 15) is 14.7 Å². The van der Waals surface area contributed by atoms with Gasteiger partial charge in [0.05, 0.1) is 21.3 Å². The highest BCUT2D eigenvalue weighted by Crippen LogP contribution is 2.33. The first-order valence-corrected chi connectivity index (χ1v) is 6.57. The van der Waals surface area contributed by atoms with Gasteiger partial charge in [0.15, 0.2) is 0 Å². The second-order valence-electron chi connectivity index (χ2n) is 3.76. The molecule has 0 amide bonds. The Morgan fingerprint density at radius 2 is 1.79 bits per heavy atom. The molecule has 2 rings (SSSR count). The third-order valence-corrected chi connectivity index (χ3v) is 3.55. The summed E-state index contributed by atoms with van der Waals surface area (Å²) in [5, 5.41) is 10.3. The average molecular weight is 366 g/mol. The fourth-order valence-electron chi connectivity index (χ4n) is 1.57. The smallest absolute Gasteiger partial charge is 0.335 e. The number of rotatable bonds is 1. The number of nitrogens with one attached hydrogen (secondary N) is 1. The molecule has 2 N–H and O–H groups in total. The van der Waals surface area contributed by atoms with Crippen LogP contribution < -0.4 is 11.2 Å². The number of hydrogen-bond acceptors (Lipinski definition) is 3. The molecule has 0 spiro atoms. The summed E-state index contributed by atoms with van der Waals surface area (Å²) in [6, 6.07) is 3.05. The molecule has 8 heteroatoms. The van der Waals surface area contributed by atoms with Crippen molar-refractivity contribution < 1.29 is 5.11 Å². The van der Waals surface area contributed by atoms with Crippen molar-refractivity contribution in [3.8, 4) is 11.6 Å². The zero-order chi connectivity index (χ0) is 14.3. The number of hydrogen-bond donors (Lipinski definition) is 2. The molecule has 0 unspecified atom stereocenters. The maximum Gasteiger partial charge on any atom is 0.335 e. The van der Waals surface area contributed by atoms with E-state index in [4.69, 9.17) is 23.2 Å². The molecule has 0 bridgehead atoms. The fraction of sp³-hybridized carbons (Fsp3) is 0.0909. The summed E-state index contributed by atoms with van der Waals surface area (Å²) in [6.07, 6.45) is 0. The first kappa shape index (κ1) is 14.2. The van der Waals surface area contributed by atoms with Gasteiger partial charge in [0, 0.05) is 4.47 Å². The first-order valence-electron chi connectivity index (χ1n) is 5.02. The van der Waals surface area contributed by atoms with E-state index in [1.807, 2.05) is 0 Å². The summed E-state index contributed by atoms with van der Waals surface area (Å²) >= 11 is 15.3. The van der Waals surface area contributed by atoms with E-state index in [1.165, 1.54) is 19.1 Å². The van der Waals surface area contributed by atoms with Gasteiger partial charge >= 0.3 is 5.69 Å². The second kappa shape index (κ2) is 5.03. The monoisotopic (exact) mass is 364 g/mol. The molecule has 1 aromatic heterocycles. The Morgan fingerprint density at radius 3 is 2.32 bits per heavy atom. The highest BCUT2D eigenvalue weighted by molar-refractivity contribution is 9.10. The van der Waals surface area contributed by atoms with Crippen LogP contribution in [0, 0.1) is 6.92 Å². The average Bonchev–Trinajstić information content (AvgIpc) is 2.29. The molecule has 0 aliphatic rings. The van der Waals surface area contributed by atoms with Gasteiger partial charge in [-0.25, -0.2) is 9.36 Å². The van der Waals surface area contributed by atoms with Crippen LogP contribution in [-0.2, 0) is 0 Å². The van der Waals surface area contributed by atoms with Gasteiger partial charge in [0.2, 0.25) is 5.88 Å². The molecule has 0 saturated carbocycles. The number of halogens is 3. The van der Waals surface area contributed by atoms with Gasteiger partial charge in [-0.15, -0.1) is 0 Å². The predicted octanol–water partition coefficient (Wildman–Crippen LogP) is 2.61. The maximum atomic E-state index is 11.8. The van der Waals surface area contributed by atoms with Crippen molar-refractivity contribution in [1.82, 2.24) is 9.55 Å². The normalized spacial score (nSPS) is 10.7. The number of nitrogens with zero attached hydrogens (tertiary/aromatic N) is 1. The lowest BCUT2D eigenvalue weighted by molar-refractivity contribution is 0.426. The SMILES string of the molecule is Cc1c(O)n(-c2c(Cl)cc(Br)cc2Cl)c(=O)[nH]c1=O. The van der Waals surface area contributed by atoms with Crippen LogP contribution in [-0.4, -0.2) is 14.7 Å². The Labute approximate surface area is 125 Å². The Balaban J connectivity index is 2.92. The van der Waals surface area contributed by atoms with E-state index in [0.29, 0.717) is 4.47 Å². The van der Waals surface area contributed by atoms with Gasteiger partial charge in [-0.1, -0.05) is 39.1 Å². The second-order valence-corrected chi connectivity index (χ2v) is 5.49. The predicted molar refractivity (Wildman–Crippen MR) is 76.8 cm³/mol. The maximum absolute atomic E-state index is 11.8. The van der Waals surface area contributed by atoms with Crippen LogP contribution in [0.25, 0.3) is 5.69 Å². The van der Waals surface area contributed by atoms with E-state index >= 15 is 0 Å². The van der Waals surface area contributed by atoms with Crippen molar-refractivity contribution in [2.24, 2.45) is 0 Å². The van der Waals surface area contributed by atoms with E-state index in [-0.39, 0.29) is 21.3 Å². The van der Waals surface area contributed by atoms with Crippen molar-refractivity contribution in [3.63, 3.8) is 0 Å². The summed E-state index contributed by atoms with van der Waals surface area (Å²) < 4.78 is 1.48. The topological polar surface area (TPSA) is 75.1 Å². The van der Waals surface area contributed by atoms with Crippen LogP contribution in [0.3, 0.4) is 0 Å². The highest BCUT2D eigenvalue weighted by atomic mass is 79.9. The quantitative estimate of drug-likeness (QED) is 0.815. The molecule has 0 aliphatic heterocycles. The van der Waals surface area contributed by atoms with Crippen molar-refractivity contribution in [2.75, 3.05) is 0 Å². The van der Waals surface area contributed by atoms with Crippen LogP contribution >= 0.6 is 39.1 Å². The summed E-state index contributed by atoms with van der Waals surface area (Å²) in [6.45, 7) is 1.38. The zero-order valence-corrected chi connectivity index (χ0v) is 12.6. The largest absolute Gasteiger partial charge is 0.494 e. The minimum atomic E-state index is -0.820. The molecule has 5 nitrogen and oxygen atoms in total. The fourth-order valence-corrected chi connectivity index (χ4v) is 2.95. The summed E-state index contributed by atoms with van der Waals surface area (Å²) in [4.78, 5) is 25.3. The lowest BCUT2D eigenvalue weighted by Crippen LogP contribution is -2.30. The molecule has 0 fully saturated rings. The van der Waals surface area contributed by atoms with Crippen LogP contribution in [0.15, 0.2) is 26.2 Å². The van der Waals surface area contributed by atoms with Crippen molar-refractivity contribution in [2.45, 2.75) is 6.92 Å². The summed E-state index contributed by atoms with van der Waals surface area (Å²) in [7, 11) is 0. The van der Waals surface area contributed by atoms with Crippen LogP contribution in [0.2, 0.25) is 10.0 Å². The minimum absolute atomic E-state index is 0.00495. The Hall–Kier alpha value is -1.24. The van der Waals surface area contributed by atoms with Gasteiger partial charge in [-0.3, -0.25) is 9.78 Å². The zero-order valence-electron chi connectivity index (χ0n) is 9.50. The van der Waals surface area contributed by atoms with Crippen LogP contribution in [0.1, 0.15) is 5.56 Å². The lowest BCUT2D eigenvalue weighted by atomic mass is 10.3. The number of aromatic nitrogens is 2. The molecule has 0 atom stereocenters. The van der Waals surface area contributed by atoms with Gasteiger partial charge < -0.3 is 5.11 Å². The molecular formula is C11H7BrCl2N2O3. The van der Waals surface area contributed by atoms with Crippen molar-refractivity contribution in [3.05, 3.63) is 53.1 Å². The molecule has 0 saturated heterocycles. The van der Waals surface area contributed by atoms with Gasteiger partial charge in [-0.2, -0.15) is 0 Å². The molecule has 19 heavy (non-hydrogen) atoms. The summed E-state index contributed by atoms with van der Waals surface area (Å²) in [5.41, 5.74) is -1.38.